The molecule has 20 heavy (non-hydrogen) atoms. The third-order valence-electron chi connectivity index (χ3n) is 3.74. The molecular weight excluding hydrogens is 268 g/mol. The molecule has 0 saturated carbocycles. The van der Waals surface area contributed by atoms with Gasteiger partial charge in [0.25, 0.3) is 0 Å². The predicted octanol–water partition coefficient (Wildman–Crippen LogP) is 3.91. The summed E-state index contributed by atoms with van der Waals surface area (Å²) >= 11 is 1.73. The van der Waals surface area contributed by atoms with Gasteiger partial charge in [0.1, 0.15) is 10.6 Å². The third kappa shape index (κ3) is 2.87. The molecule has 2 aromatic rings. The first kappa shape index (κ1) is 15.0. The van der Waals surface area contributed by atoms with Gasteiger partial charge in [-0.1, -0.05) is 13.8 Å². The minimum absolute atomic E-state index is 0.433. The van der Waals surface area contributed by atoms with Crippen molar-refractivity contribution in [3.8, 4) is 0 Å². The minimum atomic E-state index is 0.433. The van der Waals surface area contributed by atoms with Crippen molar-refractivity contribution < 1.29 is 0 Å². The summed E-state index contributed by atoms with van der Waals surface area (Å²) in [5, 5.41) is 4.39. The minimum Gasteiger partial charge on any atom is -0.356 e. The molecule has 5 heteroatoms. The van der Waals surface area contributed by atoms with Crippen molar-refractivity contribution in [2.45, 2.75) is 40.7 Å². The summed E-state index contributed by atoms with van der Waals surface area (Å²) in [6.45, 7) is 11.7. The van der Waals surface area contributed by atoms with Gasteiger partial charge in [-0.2, -0.15) is 4.98 Å². The molecule has 0 bridgehead atoms. The number of rotatable bonds is 5. The maximum absolute atomic E-state index is 4.72. The van der Waals surface area contributed by atoms with E-state index in [1.165, 1.54) is 4.88 Å². The lowest BCUT2D eigenvalue weighted by atomic mass is 10.1. The molecule has 0 aliphatic carbocycles. The number of fused-ring (bicyclic) bond motifs is 1. The third-order valence-corrected chi connectivity index (χ3v) is 4.68. The van der Waals surface area contributed by atoms with Crippen LogP contribution >= 0.6 is 11.3 Å². The van der Waals surface area contributed by atoms with Gasteiger partial charge < -0.3 is 10.2 Å². The molecule has 2 rings (SSSR count). The van der Waals surface area contributed by atoms with Gasteiger partial charge in [0.15, 0.2) is 0 Å². The lowest BCUT2D eigenvalue weighted by Crippen LogP contribution is -2.34. The van der Waals surface area contributed by atoms with Gasteiger partial charge in [-0.25, -0.2) is 4.98 Å². The first-order chi connectivity index (χ1) is 9.43. The van der Waals surface area contributed by atoms with E-state index in [-0.39, 0.29) is 0 Å². The van der Waals surface area contributed by atoms with Crippen molar-refractivity contribution >= 4 is 33.3 Å². The summed E-state index contributed by atoms with van der Waals surface area (Å²) in [6.07, 6.45) is 0. The summed E-state index contributed by atoms with van der Waals surface area (Å²) in [5.41, 5.74) is 0. The van der Waals surface area contributed by atoms with Crippen molar-refractivity contribution in [2.75, 3.05) is 23.8 Å². The Bertz CT molecular complexity index is 591. The van der Waals surface area contributed by atoms with E-state index in [1.54, 1.807) is 11.3 Å². The van der Waals surface area contributed by atoms with Crippen molar-refractivity contribution in [3.05, 3.63) is 10.9 Å². The van der Waals surface area contributed by atoms with Gasteiger partial charge in [0, 0.05) is 24.5 Å². The predicted molar refractivity (Wildman–Crippen MR) is 89.0 cm³/mol. The topological polar surface area (TPSA) is 41.1 Å². The molecule has 2 aromatic heterocycles. The number of hydrogen-bond acceptors (Lipinski definition) is 5. The number of hydrogen-bond donors (Lipinski definition) is 1. The highest BCUT2D eigenvalue weighted by Crippen LogP contribution is 2.32. The molecule has 110 valence electrons. The lowest BCUT2D eigenvalue weighted by molar-refractivity contribution is 0.503. The van der Waals surface area contributed by atoms with Crippen LogP contribution in [-0.4, -0.2) is 29.6 Å². The molecular formula is C15H24N4S. The zero-order valence-electron chi connectivity index (χ0n) is 13.2. The van der Waals surface area contributed by atoms with Crippen LogP contribution in [0.4, 0.5) is 11.8 Å². The Labute approximate surface area is 125 Å². The molecule has 4 nitrogen and oxygen atoms in total. The van der Waals surface area contributed by atoms with Gasteiger partial charge in [-0.15, -0.1) is 11.3 Å². The highest BCUT2D eigenvalue weighted by Gasteiger charge is 2.19. The summed E-state index contributed by atoms with van der Waals surface area (Å²) in [4.78, 5) is 13.9. The summed E-state index contributed by atoms with van der Waals surface area (Å²) in [7, 11) is 2.12. The van der Waals surface area contributed by atoms with Crippen molar-refractivity contribution in [2.24, 2.45) is 5.92 Å². The van der Waals surface area contributed by atoms with Crippen LogP contribution in [0, 0.1) is 12.8 Å². The van der Waals surface area contributed by atoms with Gasteiger partial charge in [0.05, 0.1) is 5.39 Å². The fourth-order valence-electron chi connectivity index (χ4n) is 2.17. The molecule has 1 atom stereocenters. The number of thiophene rings is 1. The number of nitrogens with one attached hydrogen (secondary N) is 1. The Hall–Kier alpha value is -1.36. The standard InChI is InChI=1S/C15H24N4S/c1-7-16-15-17-13(19(6)11(5)9(2)3)12-8-10(4)20-14(12)18-15/h8-9,11H,7H2,1-6H3,(H,16,17,18). The Morgan fingerprint density at radius 2 is 2.00 bits per heavy atom. The van der Waals surface area contributed by atoms with Crippen LogP contribution in [0.1, 0.15) is 32.6 Å². The Kier molecular flexibility index (Phi) is 4.48. The van der Waals surface area contributed by atoms with Gasteiger partial charge in [-0.3, -0.25) is 0 Å². The second-order valence-electron chi connectivity index (χ2n) is 5.57. The molecule has 1 unspecified atom stereocenters. The average Bonchev–Trinajstić information content (AvgIpc) is 2.76. The smallest absolute Gasteiger partial charge is 0.226 e. The fourth-order valence-corrected chi connectivity index (χ4v) is 3.05. The molecule has 0 aromatic carbocycles. The first-order valence-corrected chi connectivity index (χ1v) is 8.00. The van der Waals surface area contributed by atoms with E-state index in [1.807, 2.05) is 0 Å². The van der Waals surface area contributed by atoms with Gasteiger partial charge in [0.2, 0.25) is 5.95 Å². The van der Waals surface area contributed by atoms with E-state index >= 15 is 0 Å². The van der Waals surface area contributed by atoms with Crippen LogP contribution < -0.4 is 10.2 Å². The van der Waals surface area contributed by atoms with E-state index in [2.05, 4.69) is 62.9 Å². The zero-order valence-corrected chi connectivity index (χ0v) is 14.0. The molecule has 0 spiro atoms. The maximum Gasteiger partial charge on any atom is 0.226 e. The van der Waals surface area contributed by atoms with E-state index in [0.29, 0.717) is 12.0 Å². The van der Waals surface area contributed by atoms with Crippen molar-refractivity contribution in [3.63, 3.8) is 0 Å². The quantitative estimate of drug-likeness (QED) is 0.907. The summed E-state index contributed by atoms with van der Waals surface area (Å²) < 4.78 is 0. The molecule has 0 radical (unpaired) electrons. The van der Waals surface area contributed by atoms with E-state index < -0.39 is 0 Å². The van der Waals surface area contributed by atoms with Gasteiger partial charge in [-0.05, 0) is 32.8 Å². The lowest BCUT2D eigenvalue weighted by Gasteiger charge is -2.29. The molecule has 0 saturated heterocycles. The van der Waals surface area contributed by atoms with E-state index in [0.717, 1.165) is 28.5 Å². The van der Waals surface area contributed by atoms with Crippen molar-refractivity contribution in [1.29, 1.82) is 0 Å². The summed E-state index contributed by atoms with van der Waals surface area (Å²) in [5.74, 6) is 2.32. The second-order valence-corrected chi connectivity index (χ2v) is 6.81. The average molecular weight is 292 g/mol. The monoisotopic (exact) mass is 292 g/mol. The highest BCUT2D eigenvalue weighted by molar-refractivity contribution is 7.18. The molecule has 0 aliphatic rings. The zero-order chi connectivity index (χ0) is 14.9. The normalized spacial score (nSPS) is 12.9. The first-order valence-electron chi connectivity index (χ1n) is 7.19. The second kappa shape index (κ2) is 5.95. The highest BCUT2D eigenvalue weighted by atomic mass is 32.1. The fraction of sp³-hybridized carbons (Fsp3) is 0.600. The molecule has 2 heterocycles. The Morgan fingerprint density at radius 3 is 2.60 bits per heavy atom. The molecule has 0 aliphatic heterocycles. The van der Waals surface area contributed by atoms with Crippen LogP contribution in [0.25, 0.3) is 10.2 Å². The maximum atomic E-state index is 4.72. The number of anilines is 2. The SMILES string of the molecule is CCNc1nc(N(C)C(C)C(C)C)c2cc(C)sc2n1. The molecule has 0 amide bonds. The van der Waals surface area contributed by atoms with Crippen LogP contribution in [0.5, 0.6) is 0 Å². The molecule has 1 N–H and O–H groups in total. The number of aromatic nitrogens is 2. The Morgan fingerprint density at radius 1 is 1.30 bits per heavy atom. The van der Waals surface area contributed by atoms with Gasteiger partial charge >= 0.3 is 0 Å². The Balaban J connectivity index is 2.53. The van der Waals surface area contributed by atoms with Crippen molar-refractivity contribution in [1.82, 2.24) is 9.97 Å². The number of aryl methyl sites for hydroxylation is 1. The summed E-state index contributed by atoms with van der Waals surface area (Å²) in [6, 6.07) is 2.62. The van der Waals surface area contributed by atoms with E-state index in [9.17, 15) is 0 Å². The van der Waals surface area contributed by atoms with Crippen LogP contribution in [0.2, 0.25) is 0 Å². The van der Waals surface area contributed by atoms with Crippen LogP contribution in [0.3, 0.4) is 0 Å². The molecule has 0 fully saturated rings. The van der Waals surface area contributed by atoms with Crippen LogP contribution in [0.15, 0.2) is 6.07 Å². The number of nitrogens with zero attached hydrogens (tertiary/aromatic N) is 3. The van der Waals surface area contributed by atoms with Crippen LogP contribution in [-0.2, 0) is 0 Å². The largest absolute Gasteiger partial charge is 0.356 e. The van der Waals surface area contributed by atoms with E-state index in [4.69, 9.17) is 4.98 Å².